The Bertz CT molecular complexity index is 691. The number of hydrogen-bond donors (Lipinski definition) is 1. The van der Waals surface area contributed by atoms with Crippen LogP contribution in [0, 0.1) is 0 Å². The van der Waals surface area contributed by atoms with Crippen LogP contribution < -0.4 is 0 Å². The van der Waals surface area contributed by atoms with Gasteiger partial charge in [0.25, 0.3) is 0 Å². The number of unbranched alkanes of at least 4 members (excludes halogenated alkanes) is 10. The van der Waals surface area contributed by atoms with Gasteiger partial charge in [0.05, 0.1) is 19.0 Å². The van der Waals surface area contributed by atoms with Gasteiger partial charge in [-0.05, 0) is 28.5 Å². The van der Waals surface area contributed by atoms with Gasteiger partial charge in [-0.1, -0.05) is 124 Å². The van der Waals surface area contributed by atoms with Crippen LogP contribution in [0.2, 0.25) is 0 Å². The summed E-state index contributed by atoms with van der Waals surface area (Å²) in [7, 11) is 0. The third kappa shape index (κ3) is 13.2. The van der Waals surface area contributed by atoms with E-state index in [1.165, 1.54) is 68.9 Å². The molecule has 0 saturated carbocycles. The van der Waals surface area contributed by atoms with Crippen molar-refractivity contribution in [2.24, 2.45) is 0 Å². The van der Waals surface area contributed by atoms with Gasteiger partial charge in [-0.3, -0.25) is 4.79 Å². The lowest BCUT2D eigenvalue weighted by Crippen LogP contribution is -2.23. The monoisotopic (exact) mass is 492 g/mol. The number of ether oxygens (including phenoxy) is 1. The van der Waals surface area contributed by atoms with Crippen LogP contribution in [0.25, 0.3) is 0 Å². The third-order valence-electron chi connectivity index (χ3n) is 6.54. The topological polar surface area (TPSA) is 46.5 Å². The largest absolute Gasteiger partial charge is 0.465 e. The highest BCUT2D eigenvalue weighted by atomic mass is 32.2. The van der Waals surface area contributed by atoms with E-state index in [-0.39, 0.29) is 23.4 Å². The van der Waals surface area contributed by atoms with E-state index in [1.54, 1.807) is 11.8 Å². The number of carbonyl (C=O) groups excluding carboxylic acids is 1. The molecule has 1 rings (SSSR count). The molecule has 0 fully saturated rings. The number of benzene rings is 1. The summed E-state index contributed by atoms with van der Waals surface area (Å²) in [6.07, 6.45) is 14.3. The summed E-state index contributed by atoms with van der Waals surface area (Å²) in [5, 5.41) is 9.83. The second kappa shape index (κ2) is 16.6. The predicted molar refractivity (Wildman–Crippen MR) is 149 cm³/mol. The summed E-state index contributed by atoms with van der Waals surface area (Å²) in [5.41, 5.74) is 3.37. The highest BCUT2D eigenvalue weighted by Crippen LogP contribution is 2.31. The fourth-order valence-electron chi connectivity index (χ4n) is 3.94. The summed E-state index contributed by atoms with van der Waals surface area (Å²) >= 11 is 1.61. The van der Waals surface area contributed by atoms with E-state index < -0.39 is 0 Å². The fraction of sp³-hybridized carbons (Fsp3) is 0.767. The predicted octanol–water partition coefficient (Wildman–Crippen LogP) is 8.34. The molecule has 196 valence electrons. The molecule has 34 heavy (non-hydrogen) atoms. The molecule has 0 saturated heterocycles. The molecule has 1 N–H and O–H groups in total. The summed E-state index contributed by atoms with van der Waals surface area (Å²) in [6, 6.07) is 6.63. The van der Waals surface area contributed by atoms with Crippen molar-refractivity contribution in [3.63, 3.8) is 0 Å². The Morgan fingerprint density at radius 1 is 0.824 bits per heavy atom. The first-order valence-electron chi connectivity index (χ1n) is 13.6. The van der Waals surface area contributed by atoms with Gasteiger partial charge in [-0.25, -0.2) is 0 Å². The van der Waals surface area contributed by atoms with Gasteiger partial charge in [0.15, 0.2) is 0 Å². The molecule has 0 aliphatic heterocycles. The molecule has 0 aliphatic rings. The number of aliphatic hydroxyl groups is 1. The molecule has 1 aromatic rings. The summed E-state index contributed by atoms with van der Waals surface area (Å²) < 4.78 is 5.44. The quantitative estimate of drug-likeness (QED) is 0.165. The molecule has 4 heteroatoms. The minimum Gasteiger partial charge on any atom is -0.465 e. The van der Waals surface area contributed by atoms with E-state index in [1.807, 2.05) is 0 Å². The molecule has 0 spiro atoms. The average molecular weight is 493 g/mol. The van der Waals surface area contributed by atoms with Crippen LogP contribution in [-0.4, -0.2) is 30.0 Å². The molecule has 0 aromatic heterocycles. The second-order valence-corrected chi connectivity index (χ2v) is 12.4. The molecular weight excluding hydrogens is 440 g/mol. The second-order valence-electron chi connectivity index (χ2n) is 11.5. The van der Waals surface area contributed by atoms with Crippen LogP contribution in [0.3, 0.4) is 0 Å². The van der Waals surface area contributed by atoms with Crippen molar-refractivity contribution in [2.45, 2.75) is 129 Å². The zero-order valence-electron chi connectivity index (χ0n) is 23.0. The molecule has 0 bridgehead atoms. The van der Waals surface area contributed by atoms with Crippen molar-refractivity contribution >= 4 is 17.7 Å². The zero-order chi connectivity index (χ0) is 25.5. The first-order chi connectivity index (χ1) is 16.1. The molecule has 1 aromatic carbocycles. The number of rotatable bonds is 18. The number of esters is 1. The number of hydrogen-bond acceptors (Lipinski definition) is 4. The Morgan fingerprint density at radius 2 is 1.35 bits per heavy atom. The van der Waals surface area contributed by atoms with Crippen LogP contribution in [-0.2, 0) is 26.1 Å². The summed E-state index contributed by atoms with van der Waals surface area (Å²) in [4.78, 5) is 12.1. The standard InChI is InChI=1S/C30H52O3S/c1-7-8-9-10-11-12-13-14-15-16-17-18-33-28(32)23-34-22-25-19-26(29(2,3)4)21-27(20-25)30(5,6)24-31/h19-21,31H,7-18,22-24H2,1-6H3. The van der Waals surface area contributed by atoms with Gasteiger partial charge in [-0.2, -0.15) is 0 Å². The lowest BCUT2D eigenvalue weighted by atomic mass is 9.79. The van der Waals surface area contributed by atoms with Gasteiger partial charge in [0, 0.05) is 11.2 Å². The maximum atomic E-state index is 12.1. The Morgan fingerprint density at radius 3 is 1.88 bits per heavy atom. The lowest BCUT2D eigenvalue weighted by Gasteiger charge is -2.27. The SMILES string of the molecule is CCCCCCCCCCCCCOC(=O)CSCc1cc(C(C)(C)C)cc(C(C)(C)CO)c1. The summed E-state index contributed by atoms with van der Waals surface area (Å²) in [6.45, 7) is 13.7. The Balaban J connectivity index is 2.26. The van der Waals surface area contributed by atoms with Crippen LogP contribution in [0.15, 0.2) is 18.2 Å². The number of aliphatic hydroxyl groups excluding tert-OH is 1. The molecule has 0 aliphatic carbocycles. The normalized spacial score (nSPS) is 12.2. The van der Waals surface area contributed by atoms with E-state index in [0.717, 1.165) is 24.2 Å². The van der Waals surface area contributed by atoms with Gasteiger partial charge in [0.1, 0.15) is 0 Å². The third-order valence-corrected chi connectivity index (χ3v) is 7.51. The van der Waals surface area contributed by atoms with Crippen LogP contribution >= 0.6 is 11.8 Å². The van der Waals surface area contributed by atoms with Crippen molar-refractivity contribution in [3.8, 4) is 0 Å². The Labute approximate surface area is 214 Å². The van der Waals surface area contributed by atoms with Gasteiger partial charge < -0.3 is 9.84 Å². The maximum absolute atomic E-state index is 12.1. The molecule has 0 radical (unpaired) electrons. The number of thioether (sulfide) groups is 1. The van der Waals surface area contributed by atoms with Crippen molar-refractivity contribution in [1.29, 1.82) is 0 Å². The van der Waals surface area contributed by atoms with E-state index in [0.29, 0.717) is 12.4 Å². The van der Waals surface area contributed by atoms with E-state index in [9.17, 15) is 9.90 Å². The highest BCUT2D eigenvalue weighted by molar-refractivity contribution is 7.99. The van der Waals surface area contributed by atoms with Gasteiger partial charge >= 0.3 is 5.97 Å². The summed E-state index contributed by atoms with van der Waals surface area (Å²) in [5.74, 6) is 1.04. The van der Waals surface area contributed by atoms with Gasteiger partial charge in [0.2, 0.25) is 0 Å². The first-order valence-corrected chi connectivity index (χ1v) is 14.7. The fourth-order valence-corrected chi connectivity index (χ4v) is 4.69. The molecule has 0 atom stereocenters. The molecular formula is C30H52O3S. The maximum Gasteiger partial charge on any atom is 0.315 e. The molecule has 0 heterocycles. The first kappa shape index (κ1) is 31.0. The van der Waals surface area contributed by atoms with Crippen molar-refractivity contribution in [3.05, 3.63) is 34.9 Å². The Hall–Kier alpha value is -1.00. The average Bonchev–Trinajstić information content (AvgIpc) is 2.79. The zero-order valence-corrected chi connectivity index (χ0v) is 23.8. The van der Waals surface area contributed by atoms with Crippen LogP contribution in [0.1, 0.15) is 129 Å². The van der Waals surface area contributed by atoms with Crippen molar-refractivity contribution in [2.75, 3.05) is 19.0 Å². The smallest absolute Gasteiger partial charge is 0.315 e. The minimum absolute atomic E-state index is 0.0362. The minimum atomic E-state index is -0.283. The molecule has 0 unspecified atom stereocenters. The highest BCUT2D eigenvalue weighted by Gasteiger charge is 2.23. The van der Waals surface area contributed by atoms with Crippen LogP contribution in [0.4, 0.5) is 0 Å². The van der Waals surface area contributed by atoms with Crippen LogP contribution in [0.5, 0.6) is 0 Å². The number of carbonyl (C=O) groups is 1. The van der Waals surface area contributed by atoms with E-state index in [4.69, 9.17) is 4.74 Å². The molecule has 0 amide bonds. The Kier molecular flexibility index (Phi) is 15.2. The van der Waals surface area contributed by atoms with Gasteiger partial charge in [-0.15, -0.1) is 11.8 Å². The van der Waals surface area contributed by atoms with E-state index in [2.05, 4.69) is 59.7 Å². The lowest BCUT2D eigenvalue weighted by molar-refractivity contribution is -0.140. The van der Waals surface area contributed by atoms with Crippen molar-refractivity contribution < 1.29 is 14.6 Å². The van der Waals surface area contributed by atoms with E-state index >= 15 is 0 Å². The molecule has 3 nitrogen and oxygen atoms in total. The van der Waals surface area contributed by atoms with Crippen molar-refractivity contribution in [1.82, 2.24) is 0 Å².